The summed E-state index contributed by atoms with van der Waals surface area (Å²) in [6, 6.07) is 0. The Bertz CT molecular complexity index is 381. The van der Waals surface area contributed by atoms with E-state index in [1.165, 1.54) is 83.5 Å². The molecule has 0 radical (unpaired) electrons. The number of hydrogen-bond donors (Lipinski definition) is 2. The van der Waals surface area contributed by atoms with Gasteiger partial charge in [-0.2, -0.15) is 0 Å². The lowest BCUT2D eigenvalue weighted by atomic mass is 10.0. The third-order valence-electron chi connectivity index (χ3n) is 6.91. The van der Waals surface area contributed by atoms with Crippen LogP contribution in [0.1, 0.15) is 130 Å². The van der Waals surface area contributed by atoms with Gasteiger partial charge in [-0.1, -0.05) is 96.8 Å². The lowest BCUT2D eigenvalue weighted by Gasteiger charge is -2.37. The number of nitrogens with one attached hydrogen (secondary N) is 1. The maximum Gasteiger partial charge on any atom is 0.222 e. The number of carbonyl (C=O) groups excluding carboxylic acids is 1. The molecular weight excluding hydrogens is 408 g/mol. The van der Waals surface area contributed by atoms with E-state index in [2.05, 4.69) is 33.0 Å². The van der Waals surface area contributed by atoms with Gasteiger partial charge >= 0.3 is 0 Å². The molecule has 2 N–H and O–H groups in total. The maximum atomic E-state index is 12.1. The van der Waals surface area contributed by atoms with Crippen molar-refractivity contribution in [1.82, 2.24) is 5.32 Å². The number of quaternary nitrogens is 1. The summed E-state index contributed by atoms with van der Waals surface area (Å²) in [7, 11) is 0. The molecule has 5 heteroatoms. The average Bonchev–Trinajstić information content (AvgIpc) is 2.74. The number of aliphatic hydroxyl groups excluding tert-OH is 1. The third kappa shape index (κ3) is 18.9. The van der Waals surface area contributed by atoms with Crippen LogP contribution in [0, 0.1) is 0 Å². The van der Waals surface area contributed by atoms with E-state index in [4.69, 9.17) is 0 Å². The molecule has 1 unspecified atom stereocenters. The van der Waals surface area contributed by atoms with Gasteiger partial charge in [-0.15, -0.1) is 0 Å². The summed E-state index contributed by atoms with van der Waals surface area (Å²) in [6.07, 6.45) is 19.8. The fourth-order valence-corrected chi connectivity index (χ4v) is 4.39. The van der Waals surface area contributed by atoms with Gasteiger partial charge < -0.3 is 27.3 Å². The SMILES string of the molecule is CCCCCCCCCCCCCCCCCC(=O)NC(O)C[N+](CC)(CC)CC.[Cl-]. The Kier molecular flexibility index (Phi) is 24.2. The standard InChI is InChI=1S/C26H54N2O2.ClH/c1-5-9-10-11-12-13-14-15-16-17-18-19-20-21-22-23-25(29)27-26(30)24-28(6-2,7-3)8-4;/h26,30H,5-24H2,1-4H3;1H. The topological polar surface area (TPSA) is 49.3 Å². The second kappa shape index (κ2) is 22.9. The number of carbonyl (C=O) groups is 1. The van der Waals surface area contributed by atoms with Gasteiger partial charge in [-0.05, 0) is 27.2 Å². The van der Waals surface area contributed by atoms with Crippen molar-refractivity contribution in [2.75, 3.05) is 26.2 Å². The molecule has 0 aromatic rings. The molecule has 0 aromatic heterocycles. The number of unbranched alkanes of at least 4 members (excludes halogenated alkanes) is 14. The number of rotatable bonds is 22. The van der Waals surface area contributed by atoms with Crippen molar-refractivity contribution in [3.63, 3.8) is 0 Å². The normalized spacial score (nSPS) is 12.4. The van der Waals surface area contributed by atoms with Crippen LogP contribution in [0.4, 0.5) is 0 Å². The van der Waals surface area contributed by atoms with Gasteiger partial charge in [-0.3, -0.25) is 4.79 Å². The minimum absolute atomic E-state index is 0. The van der Waals surface area contributed by atoms with E-state index < -0.39 is 6.23 Å². The molecule has 0 saturated carbocycles. The van der Waals surface area contributed by atoms with Crippen molar-refractivity contribution in [3.05, 3.63) is 0 Å². The first-order chi connectivity index (χ1) is 14.5. The molecule has 0 rings (SSSR count). The van der Waals surface area contributed by atoms with Crippen molar-refractivity contribution in [2.45, 2.75) is 137 Å². The van der Waals surface area contributed by atoms with Crippen LogP contribution in [0.2, 0.25) is 0 Å². The van der Waals surface area contributed by atoms with Crippen molar-refractivity contribution in [2.24, 2.45) is 0 Å². The van der Waals surface area contributed by atoms with Crippen molar-refractivity contribution in [3.8, 4) is 0 Å². The van der Waals surface area contributed by atoms with Gasteiger partial charge in [0.25, 0.3) is 0 Å². The number of nitrogens with zero attached hydrogens (tertiary/aromatic N) is 1. The van der Waals surface area contributed by atoms with Crippen LogP contribution in [0.5, 0.6) is 0 Å². The predicted octanol–water partition coefficient (Wildman–Crippen LogP) is 3.56. The van der Waals surface area contributed by atoms with Gasteiger partial charge in [-0.25, -0.2) is 0 Å². The fourth-order valence-electron chi connectivity index (χ4n) is 4.39. The average molecular weight is 463 g/mol. The Hall–Kier alpha value is -0.320. The van der Waals surface area contributed by atoms with Crippen molar-refractivity contribution < 1.29 is 26.8 Å². The number of amides is 1. The van der Waals surface area contributed by atoms with E-state index in [1.54, 1.807) is 0 Å². The monoisotopic (exact) mass is 462 g/mol. The van der Waals surface area contributed by atoms with Crippen molar-refractivity contribution >= 4 is 5.91 Å². The zero-order valence-electron chi connectivity index (χ0n) is 21.4. The second-order valence-corrected chi connectivity index (χ2v) is 9.26. The molecule has 31 heavy (non-hydrogen) atoms. The van der Waals surface area contributed by atoms with E-state index >= 15 is 0 Å². The zero-order chi connectivity index (χ0) is 22.5. The van der Waals surface area contributed by atoms with E-state index in [-0.39, 0.29) is 18.3 Å². The van der Waals surface area contributed by atoms with Gasteiger partial charge in [0.2, 0.25) is 5.91 Å². The largest absolute Gasteiger partial charge is 1.00 e. The zero-order valence-corrected chi connectivity index (χ0v) is 22.2. The van der Waals surface area contributed by atoms with Crippen LogP contribution in [0.3, 0.4) is 0 Å². The number of aliphatic hydroxyl groups is 1. The molecule has 0 fully saturated rings. The molecule has 0 heterocycles. The lowest BCUT2D eigenvalue weighted by Crippen LogP contribution is -3.00. The summed E-state index contributed by atoms with van der Waals surface area (Å²) in [5.74, 6) is -0.00129. The molecule has 0 aliphatic rings. The Labute approximate surface area is 200 Å². The van der Waals surface area contributed by atoms with Crippen LogP contribution in [-0.2, 0) is 4.79 Å². The molecule has 0 aliphatic carbocycles. The maximum absolute atomic E-state index is 12.1. The molecule has 0 spiro atoms. The molecule has 188 valence electrons. The molecule has 0 aromatic carbocycles. The first kappa shape index (κ1) is 32.9. The molecule has 1 atom stereocenters. The van der Waals surface area contributed by atoms with E-state index in [0.717, 1.165) is 37.0 Å². The first-order valence-electron chi connectivity index (χ1n) is 13.4. The van der Waals surface area contributed by atoms with Crippen LogP contribution in [0.15, 0.2) is 0 Å². The molecule has 4 nitrogen and oxygen atoms in total. The third-order valence-corrected chi connectivity index (χ3v) is 6.91. The van der Waals surface area contributed by atoms with Gasteiger partial charge in [0.1, 0.15) is 6.54 Å². The lowest BCUT2D eigenvalue weighted by molar-refractivity contribution is -0.926. The molecule has 0 bridgehead atoms. The van der Waals surface area contributed by atoms with Gasteiger partial charge in [0.05, 0.1) is 19.6 Å². The summed E-state index contributed by atoms with van der Waals surface area (Å²) in [5.41, 5.74) is 0. The van der Waals surface area contributed by atoms with Crippen molar-refractivity contribution in [1.29, 1.82) is 0 Å². The van der Waals surface area contributed by atoms with Gasteiger partial charge in [0, 0.05) is 6.42 Å². The Morgan fingerprint density at radius 2 is 1.03 bits per heavy atom. The predicted molar refractivity (Wildman–Crippen MR) is 130 cm³/mol. The molecule has 1 amide bonds. The molecule has 0 saturated heterocycles. The van der Waals surface area contributed by atoms with Crippen LogP contribution < -0.4 is 17.7 Å². The highest BCUT2D eigenvalue weighted by molar-refractivity contribution is 5.75. The summed E-state index contributed by atoms with van der Waals surface area (Å²) in [5, 5.41) is 13.0. The first-order valence-corrected chi connectivity index (χ1v) is 13.4. The highest BCUT2D eigenvalue weighted by atomic mass is 35.5. The molecular formula is C26H55ClN2O2. The Morgan fingerprint density at radius 1 is 0.677 bits per heavy atom. The number of halogens is 1. The Morgan fingerprint density at radius 3 is 1.39 bits per heavy atom. The van der Waals surface area contributed by atoms with E-state index in [1.807, 2.05) is 0 Å². The fraction of sp³-hybridized carbons (Fsp3) is 0.962. The van der Waals surface area contributed by atoms with E-state index in [9.17, 15) is 9.90 Å². The summed E-state index contributed by atoms with van der Waals surface area (Å²) in [6.45, 7) is 12.3. The van der Waals surface area contributed by atoms with Crippen LogP contribution in [0.25, 0.3) is 0 Å². The highest BCUT2D eigenvalue weighted by Crippen LogP contribution is 2.14. The summed E-state index contributed by atoms with van der Waals surface area (Å²) in [4.78, 5) is 12.1. The smallest absolute Gasteiger partial charge is 0.222 e. The number of likely N-dealkylation sites (N-methyl/N-ethyl adjacent to an activating group) is 1. The van der Waals surface area contributed by atoms with Crippen LogP contribution >= 0.6 is 0 Å². The van der Waals surface area contributed by atoms with Crippen LogP contribution in [-0.4, -0.2) is 47.9 Å². The minimum Gasteiger partial charge on any atom is -1.00 e. The quantitative estimate of drug-likeness (QED) is 0.147. The highest BCUT2D eigenvalue weighted by Gasteiger charge is 2.25. The number of hydrogen-bond acceptors (Lipinski definition) is 2. The summed E-state index contributed by atoms with van der Waals surface area (Å²) < 4.78 is 0.848. The Balaban J connectivity index is 0. The minimum atomic E-state index is -0.728. The van der Waals surface area contributed by atoms with E-state index in [0.29, 0.717) is 13.0 Å². The van der Waals surface area contributed by atoms with Gasteiger partial charge in [0.15, 0.2) is 6.23 Å². The second-order valence-electron chi connectivity index (χ2n) is 9.26. The molecule has 0 aliphatic heterocycles. The summed E-state index contributed by atoms with van der Waals surface area (Å²) >= 11 is 0.